The number of rotatable bonds is 10. The molecule has 32 heavy (non-hydrogen) atoms. The number of aromatic nitrogens is 1. The summed E-state index contributed by atoms with van der Waals surface area (Å²) in [6, 6.07) is 8.86. The lowest BCUT2D eigenvalue weighted by Gasteiger charge is -2.20. The molecule has 13 nitrogen and oxygen atoms in total. The number of hydrogen-bond acceptors (Lipinski definition) is 11. The lowest BCUT2D eigenvalue weighted by molar-refractivity contribution is -0.383. The quantitative estimate of drug-likeness (QED) is 0.157. The second-order valence-corrected chi connectivity index (χ2v) is 6.56. The van der Waals surface area contributed by atoms with Gasteiger partial charge in [0.15, 0.2) is 0 Å². The first-order valence-corrected chi connectivity index (χ1v) is 9.60. The summed E-state index contributed by atoms with van der Waals surface area (Å²) in [6.07, 6.45) is -0.775. The van der Waals surface area contributed by atoms with Crippen molar-refractivity contribution in [3.8, 4) is 0 Å². The second kappa shape index (κ2) is 11.2. The van der Waals surface area contributed by atoms with Gasteiger partial charge in [-0.25, -0.2) is 9.78 Å². The van der Waals surface area contributed by atoms with Crippen molar-refractivity contribution in [3.63, 3.8) is 0 Å². The molecule has 0 spiro atoms. The highest BCUT2D eigenvalue weighted by Crippen LogP contribution is 2.32. The Bertz CT molecular complexity index is 980. The van der Waals surface area contributed by atoms with Crippen LogP contribution in [0.1, 0.15) is 6.92 Å². The van der Waals surface area contributed by atoms with Crippen molar-refractivity contribution in [2.24, 2.45) is 5.16 Å². The minimum atomic E-state index is -0.775. The molecular weight excluding hydrogens is 420 g/mol. The number of hydrogen-bond donors (Lipinski definition) is 5. The maximum Gasteiger partial charge on any atom is 0.412 e. The third-order valence-electron chi connectivity index (χ3n) is 4.35. The van der Waals surface area contributed by atoms with E-state index in [1.807, 2.05) is 43.3 Å². The first kappa shape index (κ1) is 24.0. The molecular formula is C19H26N8O5. The number of nitrogens with two attached hydrogens (primary N) is 1. The van der Waals surface area contributed by atoms with Gasteiger partial charge in [-0.05, 0) is 31.2 Å². The predicted octanol–water partition coefficient (Wildman–Crippen LogP) is 2.56. The van der Waals surface area contributed by atoms with E-state index in [0.29, 0.717) is 5.71 Å². The lowest BCUT2D eigenvalue weighted by atomic mass is 10.2. The van der Waals surface area contributed by atoms with Crippen molar-refractivity contribution in [1.82, 2.24) is 4.98 Å². The number of pyridine rings is 1. The minimum Gasteiger partial charge on any atom is -0.450 e. The van der Waals surface area contributed by atoms with Crippen molar-refractivity contribution in [2.75, 3.05) is 60.4 Å². The van der Waals surface area contributed by atoms with Crippen LogP contribution < -0.4 is 26.6 Å². The molecule has 1 aromatic carbocycles. The van der Waals surface area contributed by atoms with E-state index in [2.05, 4.69) is 26.1 Å². The summed E-state index contributed by atoms with van der Waals surface area (Å²) in [6.45, 7) is 1.98. The molecule has 0 atom stereocenters. The fourth-order valence-corrected chi connectivity index (χ4v) is 2.79. The largest absolute Gasteiger partial charge is 0.450 e. The highest BCUT2D eigenvalue weighted by Gasteiger charge is 2.22. The molecule has 2 aromatic rings. The van der Waals surface area contributed by atoms with Gasteiger partial charge in [-0.2, -0.15) is 0 Å². The summed E-state index contributed by atoms with van der Waals surface area (Å²) in [5.41, 5.74) is 7.38. The molecule has 6 N–H and O–H groups in total. The second-order valence-electron chi connectivity index (χ2n) is 6.56. The maximum atomic E-state index is 11.6. The molecule has 0 saturated carbocycles. The van der Waals surface area contributed by atoms with E-state index >= 15 is 0 Å². The number of nitrogens with one attached hydrogen (secondary N) is 3. The Morgan fingerprint density at radius 3 is 2.62 bits per heavy atom. The summed E-state index contributed by atoms with van der Waals surface area (Å²) in [7, 11) is 3.63. The Kier molecular flexibility index (Phi) is 8.39. The first-order chi connectivity index (χ1) is 15.3. The topological polar surface area (TPSA) is 180 Å². The Balaban J connectivity index is 2.15. The Morgan fingerprint density at radius 2 is 2.06 bits per heavy atom. The van der Waals surface area contributed by atoms with Gasteiger partial charge < -0.3 is 31.2 Å². The zero-order chi connectivity index (χ0) is 23.7. The molecule has 172 valence electrons. The maximum absolute atomic E-state index is 11.6. The van der Waals surface area contributed by atoms with Crippen LogP contribution in [0, 0.1) is 10.1 Å². The zero-order valence-corrected chi connectivity index (χ0v) is 18.0. The summed E-state index contributed by atoms with van der Waals surface area (Å²) < 4.78 is 4.77. The molecule has 0 aliphatic heterocycles. The van der Waals surface area contributed by atoms with Gasteiger partial charge in [-0.3, -0.25) is 15.4 Å². The molecule has 0 unspecified atom stereocenters. The summed E-state index contributed by atoms with van der Waals surface area (Å²) in [5.74, 6) is -0.422. The van der Waals surface area contributed by atoms with Crippen LogP contribution in [-0.2, 0) is 4.74 Å². The summed E-state index contributed by atoms with van der Waals surface area (Å²) >= 11 is 0. The van der Waals surface area contributed by atoms with E-state index in [1.165, 1.54) is 6.07 Å². The van der Waals surface area contributed by atoms with E-state index in [4.69, 9.17) is 10.5 Å². The number of carbonyl (C=O) groups excluding carboxylic acids is 1. The number of carbonyl (C=O) groups is 1. The van der Waals surface area contributed by atoms with Crippen LogP contribution in [0.3, 0.4) is 0 Å². The van der Waals surface area contributed by atoms with E-state index in [9.17, 15) is 20.1 Å². The van der Waals surface area contributed by atoms with Gasteiger partial charge in [0.2, 0.25) is 5.82 Å². The molecule has 1 amide bonds. The summed E-state index contributed by atoms with van der Waals surface area (Å²) in [4.78, 5) is 28.1. The number of benzene rings is 1. The number of anilines is 5. The van der Waals surface area contributed by atoms with Crippen molar-refractivity contribution in [2.45, 2.75) is 6.92 Å². The third kappa shape index (κ3) is 6.35. The molecule has 0 saturated heterocycles. The smallest absolute Gasteiger partial charge is 0.412 e. The molecule has 0 radical (unpaired) electrons. The number of nitrogens with zero attached hydrogens (tertiary/aromatic N) is 4. The van der Waals surface area contributed by atoms with Gasteiger partial charge in [0.25, 0.3) is 0 Å². The van der Waals surface area contributed by atoms with Crippen LogP contribution in [0.15, 0.2) is 35.5 Å². The third-order valence-corrected chi connectivity index (χ3v) is 4.35. The van der Waals surface area contributed by atoms with Crippen LogP contribution in [0.25, 0.3) is 0 Å². The van der Waals surface area contributed by atoms with E-state index < -0.39 is 22.5 Å². The Labute approximate surface area is 184 Å². The van der Waals surface area contributed by atoms with Crippen molar-refractivity contribution in [3.05, 3.63) is 40.4 Å². The van der Waals surface area contributed by atoms with Gasteiger partial charge >= 0.3 is 11.8 Å². The number of nitro groups is 1. The van der Waals surface area contributed by atoms with Crippen molar-refractivity contribution in [1.29, 1.82) is 0 Å². The van der Waals surface area contributed by atoms with Crippen LogP contribution >= 0.6 is 0 Å². The molecule has 0 aliphatic carbocycles. The van der Waals surface area contributed by atoms with E-state index in [-0.39, 0.29) is 31.2 Å². The number of nitrogen functional groups attached to an aromatic ring is 1. The van der Waals surface area contributed by atoms with Gasteiger partial charge in [0.1, 0.15) is 11.5 Å². The van der Waals surface area contributed by atoms with Crippen LogP contribution in [0.4, 0.5) is 39.2 Å². The van der Waals surface area contributed by atoms with E-state index in [0.717, 1.165) is 11.4 Å². The van der Waals surface area contributed by atoms with Crippen molar-refractivity contribution < 1.29 is 19.7 Å². The van der Waals surface area contributed by atoms with Crippen LogP contribution in [-0.4, -0.2) is 60.7 Å². The van der Waals surface area contributed by atoms with Gasteiger partial charge in [-0.15, -0.1) is 0 Å². The average molecular weight is 446 g/mol. The normalized spacial score (nSPS) is 10.9. The monoisotopic (exact) mass is 446 g/mol. The van der Waals surface area contributed by atoms with Crippen LogP contribution in [0.2, 0.25) is 0 Å². The van der Waals surface area contributed by atoms with Crippen molar-refractivity contribution >= 4 is 46.2 Å². The molecule has 1 heterocycles. The fourth-order valence-electron chi connectivity index (χ4n) is 2.79. The molecule has 1 aromatic heterocycles. The molecule has 13 heteroatoms. The average Bonchev–Trinajstić information content (AvgIpc) is 2.76. The number of oxime groups is 1. The highest BCUT2D eigenvalue weighted by molar-refractivity contribution is 5.93. The van der Waals surface area contributed by atoms with Crippen LogP contribution in [0.5, 0.6) is 0 Å². The fraction of sp³-hybridized carbons (Fsp3) is 0.316. The first-order valence-electron chi connectivity index (χ1n) is 9.60. The summed E-state index contributed by atoms with van der Waals surface area (Å²) in [5, 5.41) is 32.4. The standard InChI is InChI=1S/C19H26N8O5/c1-4-32-19(28)24-16-9-15(17(27(30)31)18(20)23-16)22-10-13(25-29)11-26(3)14-7-5-12(21-2)6-8-14/h5-9,21,29H,4,10-11H2,1-3H3,(H4,20,22,23,24,28)/b25-13+. The van der Waals surface area contributed by atoms with Gasteiger partial charge in [-0.1, -0.05) is 5.16 Å². The Morgan fingerprint density at radius 1 is 1.38 bits per heavy atom. The predicted molar refractivity (Wildman–Crippen MR) is 123 cm³/mol. The SMILES string of the molecule is CCOC(=O)Nc1cc(NC/C(CN(C)c2ccc(NC)cc2)=N\O)c([N+](=O)[O-])c(N)n1. The lowest BCUT2D eigenvalue weighted by Crippen LogP contribution is -2.30. The van der Waals surface area contributed by atoms with E-state index in [1.54, 1.807) is 6.92 Å². The minimum absolute atomic E-state index is 0.00326. The Hall–Kier alpha value is -4.29. The molecule has 0 aliphatic rings. The highest BCUT2D eigenvalue weighted by atomic mass is 16.6. The molecule has 2 rings (SSSR count). The van der Waals surface area contributed by atoms with Gasteiger partial charge in [0.05, 0.1) is 30.3 Å². The number of ether oxygens (including phenoxy) is 1. The zero-order valence-electron chi connectivity index (χ0n) is 18.0. The number of amides is 1. The molecule has 0 fully saturated rings. The molecule has 0 bridgehead atoms. The van der Waals surface area contributed by atoms with Gasteiger partial charge in [0, 0.05) is 31.5 Å².